The number of alkyl halides is 1. The molecule has 0 bridgehead atoms. The third-order valence-corrected chi connectivity index (χ3v) is 2.68. The van der Waals surface area contributed by atoms with E-state index in [0.717, 1.165) is 11.3 Å². The molecule has 0 radical (unpaired) electrons. The number of tetrazole rings is 1. The van der Waals surface area contributed by atoms with Crippen molar-refractivity contribution < 1.29 is 0 Å². The topological polar surface area (TPSA) is 43.6 Å². The lowest BCUT2D eigenvalue weighted by molar-refractivity contribution is 0.757. The predicted octanol–water partition coefficient (Wildman–Crippen LogP) is 2.92. The second-order valence-electron chi connectivity index (χ2n) is 3.50. The van der Waals surface area contributed by atoms with Crippen LogP contribution in [0.3, 0.4) is 0 Å². The van der Waals surface area contributed by atoms with Gasteiger partial charge in [0.1, 0.15) is 0 Å². The van der Waals surface area contributed by atoms with Gasteiger partial charge in [-0.3, -0.25) is 0 Å². The van der Waals surface area contributed by atoms with E-state index in [1.165, 1.54) is 0 Å². The summed E-state index contributed by atoms with van der Waals surface area (Å²) in [5.74, 6) is 0.604. The molecule has 4 nitrogen and oxygen atoms in total. The lowest BCUT2D eigenvalue weighted by Gasteiger charge is -2.08. The van der Waals surface area contributed by atoms with Gasteiger partial charge < -0.3 is 0 Å². The number of rotatable bonds is 2. The summed E-state index contributed by atoms with van der Waals surface area (Å²) in [5.41, 5.74) is 1.88. The molecule has 1 aromatic heterocycles. The molecule has 0 N–H and O–H groups in total. The van der Waals surface area contributed by atoms with Gasteiger partial charge in [-0.25, -0.2) is 0 Å². The molecule has 0 amide bonds. The Kier molecular flexibility index (Phi) is 3.12. The Morgan fingerprint density at radius 3 is 2.81 bits per heavy atom. The van der Waals surface area contributed by atoms with Crippen molar-refractivity contribution in [3.63, 3.8) is 0 Å². The van der Waals surface area contributed by atoms with Gasteiger partial charge in [-0.1, -0.05) is 17.7 Å². The predicted molar refractivity (Wildman–Crippen MR) is 63.2 cm³/mol. The van der Waals surface area contributed by atoms with Gasteiger partial charge >= 0.3 is 0 Å². The summed E-state index contributed by atoms with van der Waals surface area (Å²) in [6.45, 7) is 3.79. The van der Waals surface area contributed by atoms with Gasteiger partial charge in [0.15, 0.2) is 5.82 Å². The Balaban J connectivity index is 2.58. The number of hydrogen-bond donors (Lipinski definition) is 0. The standard InChI is InChI=1S/C10H10Cl2N4/c1-6-3-4-8(12)5-9(6)16-10(7(2)11)13-14-15-16/h3-5,7H,1-2H3. The largest absolute Gasteiger partial charge is 0.195 e. The summed E-state index contributed by atoms with van der Waals surface area (Å²) in [6, 6.07) is 5.56. The van der Waals surface area contributed by atoms with Crippen LogP contribution in [0, 0.1) is 6.92 Å². The minimum Gasteiger partial charge on any atom is -0.195 e. The molecule has 0 aliphatic heterocycles. The van der Waals surface area contributed by atoms with E-state index in [0.29, 0.717) is 10.8 Å². The van der Waals surface area contributed by atoms with E-state index in [1.807, 2.05) is 32.0 Å². The molecule has 0 saturated carbocycles. The number of aromatic nitrogens is 4. The minimum absolute atomic E-state index is 0.256. The fourth-order valence-corrected chi connectivity index (χ4v) is 1.73. The number of hydrogen-bond acceptors (Lipinski definition) is 3. The zero-order valence-electron chi connectivity index (χ0n) is 8.85. The molecular formula is C10H10Cl2N4. The molecule has 1 heterocycles. The van der Waals surface area contributed by atoms with E-state index in [1.54, 1.807) is 4.68 Å². The number of halogens is 2. The van der Waals surface area contributed by atoms with E-state index in [2.05, 4.69) is 15.5 Å². The van der Waals surface area contributed by atoms with Crippen molar-refractivity contribution in [1.29, 1.82) is 0 Å². The molecule has 0 spiro atoms. The third kappa shape index (κ3) is 2.03. The van der Waals surface area contributed by atoms with Crippen LogP contribution in [0.4, 0.5) is 0 Å². The van der Waals surface area contributed by atoms with Gasteiger partial charge in [-0.05, 0) is 42.0 Å². The molecule has 0 saturated heterocycles. The first kappa shape index (κ1) is 11.4. The summed E-state index contributed by atoms with van der Waals surface area (Å²) in [6.07, 6.45) is 0. The number of benzene rings is 1. The zero-order valence-corrected chi connectivity index (χ0v) is 10.4. The summed E-state index contributed by atoms with van der Waals surface area (Å²) in [5, 5.41) is 11.8. The highest BCUT2D eigenvalue weighted by Crippen LogP contribution is 2.23. The first-order valence-corrected chi connectivity index (χ1v) is 5.60. The normalized spacial score (nSPS) is 12.8. The summed E-state index contributed by atoms with van der Waals surface area (Å²) in [4.78, 5) is 0. The van der Waals surface area contributed by atoms with Crippen molar-refractivity contribution in [2.24, 2.45) is 0 Å². The monoisotopic (exact) mass is 256 g/mol. The lowest BCUT2D eigenvalue weighted by Crippen LogP contribution is -2.05. The highest BCUT2D eigenvalue weighted by molar-refractivity contribution is 6.30. The average Bonchev–Trinajstić information content (AvgIpc) is 2.70. The fourth-order valence-electron chi connectivity index (χ4n) is 1.42. The Bertz CT molecular complexity index is 507. The molecule has 1 atom stereocenters. The molecule has 2 aromatic rings. The Morgan fingerprint density at radius 2 is 2.12 bits per heavy atom. The molecule has 6 heteroatoms. The smallest absolute Gasteiger partial charge is 0.174 e. The fraction of sp³-hybridized carbons (Fsp3) is 0.300. The Morgan fingerprint density at radius 1 is 1.38 bits per heavy atom. The van der Waals surface area contributed by atoms with Gasteiger partial charge in [0.25, 0.3) is 0 Å². The van der Waals surface area contributed by atoms with Crippen LogP contribution in [0.5, 0.6) is 0 Å². The van der Waals surface area contributed by atoms with Gasteiger partial charge in [-0.2, -0.15) is 4.68 Å². The van der Waals surface area contributed by atoms with Crippen LogP contribution in [-0.4, -0.2) is 20.2 Å². The van der Waals surface area contributed by atoms with E-state index in [4.69, 9.17) is 23.2 Å². The maximum atomic E-state index is 6.00. The van der Waals surface area contributed by atoms with Crippen molar-refractivity contribution in [3.05, 3.63) is 34.6 Å². The molecule has 0 aliphatic rings. The van der Waals surface area contributed by atoms with Crippen molar-refractivity contribution in [2.75, 3.05) is 0 Å². The number of aryl methyl sites for hydroxylation is 1. The zero-order chi connectivity index (χ0) is 11.7. The van der Waals surface area contributed by atoms with Crippen LogP contribution >= 0.6 is 23.2 Å². The Hall–Kier alpha value is -1.13. The summed E-state index contributed by atoms with van der Waals surface area (Å²) < 4.78 is 1.61. The van der Waals surface area contributed by atoms with Crippen molar-refractivity contribution in [3.8, 4) is 5.69 Å². The van der Waals surface area contributed by atoms with Crippen LogP contribution in [0.2, 0.25) is 5.02 Å². The first-order chi connectivity index (χ1) is 7.59. The summed E-state index contributed by atoms with van der Waals surface area (Å²) >= 11 is 11.9. The molecule has 84 valence electrons. The van der Waals surface area contributed by atoms with Gasteiger partial charge in [0.05, 0.1) is 11.1 Å². The second kappa shape index (κ2) is 4.39. The van der Waals surface area contributed by atoms with Crippen molar-refractivity contribution in [2.45, 2.75) is 19.2 Å². The maximum Gasteiger partial charge on any atom is 0.174 e. The molecule has 2 rings (SSSR count). The van der Waals surface area contributed by atoms with Crippen LogP contribution in [0.25, 0.3) is 5.69 Å². The lowest BCUT2D eigenvalue weighted by atomic mass is 10.2. The summed E-state index contributed by atoms with van der Waals surface area (Å²) in [7, 11) is 0. The molecule has 1 aromatic carbocycles. The number of nitrogens with zero attached hydrogens (tertiary/aromatic N) is 4. The van der Waals surface area contributed by atoms with Crippen LogP contribution < -0.4 is 0 Å². The Labute approximate surface area is 103 Å². The van der Waals surface area contributed by atoms with Gasteiger partial charge in [-0.15, -0.1) is 16.7 Å². The van der Waals surface area contributed by atoms with Gasteiger partial charge in [0, 0.05) is 5.02 Å². The van der Waals surface area contributed by atoms with E-state index in [9.17, 15) is 0 Å². The van der Waals surface area contributed by atoms with Crippen molar-refractivity contribution >= 4 is 23.2 Å². The van der Waals surface area contributed by atoms with E-state index >= 15 is 0 Å². The molecule has 1 unspecified atom stereocenters. The quantitative estimate of drug-likeness (QED) is 0.777. The maximum absolute atomic E-state index is 6.00. The van der Waals surface area contributed by atoms with E-state index in [-0.39, 0.29) is 5.38 Å². The van der Waals surface area contributed by atoms with Crippen LogP contribution in [0.1, 0.15) is 23.7 Å². The van der Waals surface area contributed by atoms with Crippen LogP contribution in [0.15, 0.2) is 18.2 Å². The molecule has 0 fully saturated rings. The average molecular weight is 257 g/mol. The first-order valence-electron chi connectivity index (χ1n) is 4.78. The van der Waals surface area contributed by atoms with Crippen molar-refractivity contribution in [1.82, 2.24) is 20.2 Å². The minimum atomic E-state index is -0.256. The molecule has 16 heavy (non-hydrogen) atoms. The molecular weight excluding hydrogens is 247 g/mol. The van der Waals surface area contributed by atoms with Crippen LogP contribution in [-0.2, 0) is 0 Å². The molecule has 0 aliphatic carbocycles. The SMILES string of the molecule is Cc1ccc(Cl)cc1-n1nnnc1C(C)Cl. The highest BCUT2D eigenvalue weighted by atomic mass is 35.5. The third-order valence-electron chi connectivity index (χ3n) is 2.25. The second-order valence-corrected chi connectivity index (χ2v) is 4.59. The van der Waals surface area contributed by atoms with Gasteiger partial charge in [0.2, 0.25) is 0 Å². The van der Waals surface area contributed by atoms with E-state index < -0.39 is 0 Å². The highest BCUT2D eigenvalue weighted by Gasteiger charge is 2.14.